The van der Waals surface area contributed by atoms with Gasteiger partial charge in [0.1, 0.15) is 0 Å². The maximum Gasteiger partial charge on any atom is 0.267 e. The molecule has 4 rings (SSSR count). The van der Waals surface area contributed by atoms with Gasteiger partial charge in [0.2, 0.25) is 0 Å². The molecule has 0 amide bonds. The Kier molecular flexibility index (Phi) is 1.64. The zero-order valence-electron chi connectivity index (χ0n) is 9.84. The number of fused-ring (bicyclic) bond motifs is 3. The Balaban J connectivity index is 2.27. The van der Waals surface area contributed by atoms with Gasteiger partial charge in [0.05, 0.1) is 5.69 Å². The Labute approximate surface area is 103 Å². The summed E-state index contributed by atoms with van der Waals surface area (Å²) in [6.45, 7) is 0. The molecule has 3 aromatic rings. The molecule has 0 radical (unpaired) electrons. The number of nitrogens with zero attached hydrogens (tertiary/aromatic N) is 2. The quantitative estimate of drug-likeness (QED) is 0.468. The van der Waals surface area contributed by atoms with Crippen molar-refractivity contribution in [3.8, 4) is 22.4 Å². The highest BCUT2D eigenvalue weighted by molar-refractivity contribution is 6.13. The highest BCUT2D eigenvalue weighted by Gasteiger charge is 2.23. The van der Waals surface area contributed by atoms with E-state index in [1.807, 2.05) is 12.1 Å². The summed E-state index contributed by atoms with van der Waals surface area (Å²) in [5.41, 5.74) is 4.02. The molecule has 0 unspecified atom stereocenters. The van der Waals surface area contributed by atoms with Crippen LogP contribution in [-0.2, 0) is 7.05 Å². The second-order valence-electron chi connectivity index (χ2n) is 4.58. The van der Waals surface area contributed by atoms with Crippen LogP contribution in [0.5, 0.6) is 0 Å². The van der Waals surface area contributed by atoms with Gasteiger partial charge in [-0.15, -0.1) is 0 Å². The first-order valence-electron chi connectivity index (χ1n) is 5.86. The van der Waals surface area contributed by atoms with E-state index in [-0.39, 0.29) is 5.56 Å². The molecule has 0 atom stereocenters. The average molecular weight is 234 g/mol. The van der Waals surface area contributed by atoms with Crippen LogP contribution >= 0.6 is 0 Å². The van der Waals surface area contributed by atoms with Gasteiger partial charge in [-0.3, -0.25) is 4.79 Å². The van der Waals surface area contributed by atoms with E-state index in [0.717, 1.165) is 22.4 Å². The van der Waals surface area contributed by atoms with Crippen LogP contribution in [0.1, 0.15) is 0 Å². The van der Waals surface area contributed by atoms with Crippen molar-refractivity contribution in [1.82, 2.24) is 9.78 Å². The van der Waals surface area contributed by atoms with Crippen molar-refractivity contribution in [2.24, 2.45) is 7.05 Å². The van der Waals surface area contributed by atoms with Gasteiger partial charge in [0.15, 0.2) is 0 Å². The third kappa shape index (κ3) is 1.03. The molecule has 0 spiro atoms. The average Bonchev–Trinajstić information content (AvgIpc) is 2.68. The second kappa shape index (κ2) is 3.07. The van der Waals surface area contributed by atoms with E-state index >= 15 is 0 Å². The fourth-order valence-corrected chi connectivity index (χ4v) is 2.71. The van der Waals surface area contributed by atoms with E-state index in [4.69, 9.17) is 0 Å². The molecule has 3 nitrogen and oxygen atoms in total. The molecule has 18 heavy (non-hydrogen) atoms. The summed E-state index contributed by atoms with van der Waals surface area (Å²) in [5.74, 6) is 0. The fraction of sp³-hybridized carbons (Fsp3) is 0.0667. The van der Waals surface area contributed by atoms with Crippen LogP contribution in [0, 0.1) is 0 Å². The Morgan fingerprint density at radius 3 is 2.50 bits per heavy atom. The van der Waals surface area contributed by atoms with Gasteiger partial charge in [0.25, 0.3) is 5.56 Å². The largest absolute Gasteiger partial charge is 0.268 e. The topological polar surface area (TPSA) is 34.9 Å². The lowest BCUT2D eigenvalue weighted by Gasteiger charge is -2.02. The number of hydrogen-bond acceptors (Lipinski definition) is 2. The van der Waals surface area contributed by atoms with E-state index in [1.165, 1.54) is 15.5 Å². The maximum atomic E-state index is 11.7. The molecule has 1 aliphatic rings. The predicted octanol–water partition coefficient (Wildman–Crippen LogP) is 2.58. The summed E-state index contributed by atoms with van der Waals surface area (Å²) in [5, 5.41) is 6.79. The second-order valence-corrected chi connectivity index (χ2v) is 4.58. The number of hydrogen-bond donors (Lipinski definition) is 0. The molecule has 0 saturated carbocycles. The minimum atomic E-state index is -0.0708. The highest BCUT2D eigenvalue weighted by Crippen LogP contribution is 2.44. The summed E-state index contributed by atoms with van der Waals surface area (Å²) < 4.78 is 1.39. The van der Waals surface area contributed by atoms with Gasteiger partial charge in [-0.1, -0.05) is 36.4 Å². The smallest absolute Gasteiger partial charge is 0.267 e. The lowest BCUT2D eigenvalue weighted by Crippen LogP contribution is -2.18. The Morgan fingerprint density at radius 2 is 1.72 bits per heavy atom. The minimum absolute atomic E-state index is 0.0708. The normalized spacial score (nSPS) is 11.8. The van der Waals surface area contributed by atoms with Crippen molar-refractivity contribution in [2.45, 2.75) is 0 Å². The van der Waals surface area contributed by atoms with Crippen LogP contribution in [-0.4, -0.2) is 9.78 Å². The summed E-state index contributed by atoms with van der Waals surface area (Å²) in [6.07, 6.45) is 0. The van der Waals surface area contributed by atoms with Crippen LogP contribution in [0.25, 0.3) is 33.2 Å². The standard InChI is InChI=1S/C15H10N2O/c1-17-13(18)8-12-10-6-2-4-9-5-3-7-11(14(9)10)15(12)16-17/h2-8H,1H3. The summed E-state index contributed by atoms with van der Waals surface area (Å²) in [7, 11) is 1.69. The number of rotatable bonds is 0. The van der Waals surface area contributed by atoms with Gasteiger partial charge in [-0.2, -0.15) is 5.10 Å². The first kappa shape index (κ1) is 9.59. The van der Waals surface area contributed by atoms with Crippen LogP contribution in [0.3, 0.4) is 0 Å². The van der Waals surface area contributed by atoms with Crippen molar-refractivity contribution in [3.05, 3.63) is 52.8 Å². The van der Waals surface area contributed by atoms with Crippen molar-refractivity contribution in [1.29, 1.82) is 0 Å². The SMILES string of the molecule is Cn1nc2c(cc1=O)-c1cccc3cccc-2c13. The van der Waals surface area contributed by atoms with Gasteiger partial charge < -0.3 is 0 Å². The van der Waals surface area contributed by atoms with E-state index in [1.54, 1.807) is 13.1 Å². The highest BCUT2D eigenvalue weighted by atomic mass is 16.1. The Morgan fingerprint density at radius 1 is 1.00 bits per heavy atom. The summed E-state index contributed by atoms with van der Waals surface area (Å²) in [6, 6.07) is 14.0. The zero-order chi connectivity index (χ0) is 12.3. The molecule has 3 heteroatoms. The molecular weight excluding hydrogens is 224 g/mol. The first-order valence-corrected chi connectivity index (χ1v) is 5.86. The van der Waals surface area contributed by atoms with Crippen molar-refractivity contribution >= 4 is 10.8 Å². The van der Waals surface area contributed by atoms with Gasteiger partial charge in [-0.05, 0) is 16.3 Å². The molecule has 86 valence electrons. The Bertz CT molecular complexity index is 857. The van der Waals surface area contributed by atoms with E-state index in [0.29, 0.717) is 0 Å². The van der Waals surface area contributed by atoms with Gasteiger partial charge in [-0.25, -0.2) is 4.68 Å². The van der Waals surface area contributed by atoms with Gasteiger partial charge >= 0.3 is 0 Å². The van der Waals surface area contributed by atoms with E-state index in [2.05, 4.69) is 29.4 Å². The van der Waals surface area contributed by atoms with E-state index < -0.39 is 0 Å². The first-order chi connectivity index (χ1) is 8.75. The van der Waals surface area contributed by atoms with E-state index in [9.17, 15) is 4.79 Å². The van der Waals surface area contributed by atoms with Crippen LogP contribution in [0.15, 0.2) is 47.3 Å². The number of benzene rings is 2. The number of aromatic nitrogens is 2. The van der Waals surface area contributed by atoms with Gasteiger partial charge in [0, 0.05) is 24.2 Å². The molecule has 0 aliphatic heterocycles. The molecule has 0 bridgehead atoms. The lowest BCUT2D eigenvalue weighted by atomic mass is 10.0. The van der Waals surface area contributed by atoms with Crippen molar-refractivity contribution < 1.29 is 0 Å². The molecular formula is C15H10N2O. The minimum Gasteiger partial charge on any atom is -0.268 e. The van der Waals surface area contributed by atoms with Crippen molar-refractivity contribution in [2.75, 3.05) is 0 Å². The zero-order valence-corrected chi connectivity index (χ0v) is 9.84. The molecule has 1 aliphatic carbocycles. The third-order valence-corrected chi connectivity index (χ3v) is 3.54. The third-order valence-electron chi connectivity index (χ3n) is 3.54. The summed E-state index contributed by atoms with van der Waals surface area (Å²) in [4.78, 5) is 11.7. The Hall–Kier alpha value is -2.42. The predicted molar refractivity (Wildman–Crippen MR) is 71.4 cm³/mol. The number of aryl methyl sites for hydroxylation is 1. The molecule has 0 fully saturated rings. The van der Waals surface area contributed by atoms with Crippen LogP contribution in [0.4, 0.5) is 0 Å². The van der Waals surface area contributed by atoms with Crippen LogP contribution in [0.2, 0.25) is 0 Å². The van der Waals surface area contributed by atoms with Crippen LogP contribution < -0.4 is 5.56 Å². The molecule has 1 heterocycles. The molecule has 0 N–H and O–H groups in total. The van der Waals surface area contributed by atoms with Crippen molar-refractivity contribution in [3.63, 3.8) is 0 Å². The fourth-order valence-electron chi connectivity index (χ4n) is 2.71. The summed E-state index contributed by atoms with van der Waals surface area (Å²) >= 11 is 0. The molecule has 0 saturated heterocycles. The molecule has 2 aromatic carbocycles. The lowest BCUT2D eigenvalue weighted by molar-refractivity contribution is 0.714. The molecule has 1 aromatic heterocycles. The maximum absolute atomic E-state index is 11.7. The monoisotopic (exact) mass is 234 g/mol.